The van der Waals surface area contributed by atoms with E-state index in [-0.39, 0.29) is 0 Å². The molecule has 0 amide bonds. The number of hydrogen-bond acceptors (Lipinski definition) is 4. The lowest BCUT2D eigenvalue weighted by atomic mass is 10.1. The molecule has 7 heteroatoms. The molecule has 4 nitrogen and oxygen atoms in total. The first-order valence-electron chi connectivity index (χ1n) is 8.69. The van der Waals surface area contributed by atoms with Gasteiger partial charge in [-0.05, 0) is 37.2 Å². The van der Waals surface area contributed by atoms with Gasteiger partial charge in [0.15, 0.2) is 0 Å². The first-order chi connectivity index (χ1) is 12.3. The highest BCUT2D eigenvalue weighted by atomic mass is 19.4. The van der Waals surface area contributed by atoms with Gasteiger partial charge in [0, 0.05) is 51.4 Å². The van der Waals surface area contributed by atoms with Gasteiger partial charge in [-0.25, -0.2) is 0 Å². The van der Waals surface area contributed by atoms with Crippen LogP contribution >= 0.6 is 0 Å². The third kappa shape index (κ3) is 5.75. The number of nitrogens with one attached hydrogen (secondary N) is 1. The van der Waals surface area contributed by atoms with Crippen molar-refractivity contribution in [3.63, 3.8) is 0 Å². The van der Waals surface area contributed by atoms with Crippen LogP contribution in [-0.4, -0.2) is 44.7 Å². The summed E-state index contributed by atoms with van der Waals surface area (Å²) < 4.78 is 39.3. The number of nitriles is 1. The van der Waals surface area contributed by atoms with Crippen molar-refractivity contribution in [2.75, 3.05) is 44.7 Å². The quantitative estimate of drug-likeness (QED) is 0.751. The molecule has 0 radical (unpaired) electrons. The highest BCUT2D eigenvalue weighted by Crippen LogP contribution is 2.33. The Bertz CT molecular complexity index is 656. The van der Waals surface area contributed by atoms with Crippen LogP contribution in [-0.2, 0) is 12.7 Å². The first kappa shape index (κ1) is 20.3. The summed E-state index contributed by atoms with van der Waals surface area (Å²) in [6, 6.07) is 6.03. The lowest BCUT2D eigenvalue weighted by Crippen LogP contribution is -2.45. The van der Waals surface area contributed by atoms with Crippen molar-refractivity contribution in [2.24, 2.45) is 0 Å². The maximum absolute atomic E-state index is 13.1. The van der Waals surface area contributed by atoms with Crippen LogP contribution in [0.15, 0.2) is 30.4 Å². The van der Waals surface area contributed by atoms with Crippen molar-refractivity contribution in [2.45, 2.75) is 25.6 Å². The van der Waals surface area contributed by atoms with Crippen LogP contribution in [0.1, 0.15) is 24.0 Å². The third-order valence-corrected chi connectivity index (χ3v) is 4.53. The zero-order valence-corrected chi connectivity index (χ0v) is 15.1. The molecule has 2 rings (SSSR count). The summed E-state index contributed by atoms with van der Waals surface area (Å²) in [7, 11) is 2.04. The molecular weight excluding hydrogens is 341 g/mol. The lowest BCUT2D eigenvalue weighted by molar-refractivity contribution is -0.137. The Morgan fingerprint density at radius 3 is 2.58 bits per heavy atom. The normalized spacial score (nSPS) is 15.7. The molecule has 142 valence electrons. The summed E-state index contributed by atoms with van der Waals surface area (Å²) in [5, 5.41) is 11.8. The molecule has 1 heterocycles. The Balaban J connectivity index is 2.12. The minimum absolute atomic E-state index is 0.331. The molecule has 1 saturated heterocycles. The van der Waals surface area contributed by atoms with E-state index in [1.807, 2.05) is 7.05 Å². The monoisotopic (exact) mass is 366 g/mol. The Hall–Kier alpha value is -2.04. The molecule has 1 N–H and O–H groups in total. The second-order valence-electron chi connectivity index (χ2n) is 6.64. The van der Waals surface area contributed by atoms with Gasteiger partial charge in [0.1, 0.15) is 0 Å². The highest BCUT2D eigenvalue weighted by Gasteiger charge is 2.31. The number of likely N-dealkylation sites (N-methyl/N-ethyl adjacent to an activating group) is 1. The molecule has 0 aliphatic carbocycles. The second kappa shape index (κ2) is 9.06. The molecule has 1 aliphatic rings. The third-order valence-electron chi connectivity index (χ3n) is 4.53. The summed E-state index contributed by atoms with van der Waals surface area (Å²) in [5.74, 6) is 0. The highest BCUT2D eigenvalue weighted by molar-refractivity contribution is 5.56. The number of rotatable bonds is 7. The molecule has 1 fully saturated rings. The van der Waals surface area contributed by atoms with Gasteiger partial charge in [-0.15, -0.1) is 0 Å². The van der Waals surface area contributed by atoms with E-state index < -0.39 is 11.7 Å². The Morgan fingerprint density at radius 2 is 1.96 bits per heavy atom. The van der Waals surface area contributed by atoms with E-state index in [0.29, 0.717) is 31.5 Å². The predicted octanol–water partition coefficient (Wildman–Crippen LogP) is 3.41. The van der Waals surface area contributed by atoms with E-state index >= 15 is 0 Å². The minimum atomic E-state index is -4.36. The number of nitrogens with zero attached hydrogens (tertiary/aromatic N) is 3. The standard InChI is InChI=1S/C19H25F3N4/c1-15(4-3-7-23)13-24-14-16-12-17(19(20,21)22)5-6-18(16)26-10-8-25(2)9-11-26/h5-6,12,24H,1,3-4,8-11,13-14H2,2H3. The topological polar surface area (TPSA) is 42.3 Å². The molecule has 1 aromatic carbocycles. The number of piperazine rings is 1. The minimum Gasteiger partial charge on any atom is -0.369 e. The SMILES string of the molecule is C=C(CCC#N)CNCc1cc(C(F)(F)F)ccc1N1CCN(C)CC1. The molecule has 0 unspecified atom stereocenters. The molecule has 0 atom stereocenters. The largest absolute Gasteiger partial charge is 0.416 e. The van der Waals surface area contributed by atoms with Gasteiger partial charge in [-0.1, -0.05) is 12.2 Å². The number of anilines is 1. The van der Waals surface area contributed by atoms with Gasteiger partial charge in [-0.2, -0.15) is 18.4 Å². The fourth-order valence-electron chi connectivity index (χ4n) is 2.95. The van der Waals surface area contributed by atoms with Crippen LogP contribution in [0.5, 0.6) is 0 Å². The average Bonchev–Trinajstić information content (AvgIpc) is 2.60. The molecular formula is C19H25F3N4. The maximum atomic E-state index is 13.1. The Kier molecular flexibility index (Phi) is 7.06. The van der Waals surface area contributed by atoms with Crippen LogP contribution in [0.3, 0.4) is 0 Å². The van der Waals surface area contributed by atoms with Gasteiger partial charge in [-0.3, -0.25) is 0 Å². The summed E-state index contributed by atoms with van der Waals surface area (Å²) in [6.07, 6.45) is -3.36. The molecule has 0 aromatic heterocycles. The van der Waals surface area contributed by atoms with E-state index in [0.717, 1.165) is 43.5 Å². The molecule has 1 aromatic rings. The molecule has 0 spiro atoms. The van der Waals surface area contributed by atoms with Crippen LogP contribution in [0.4, 0.5) is 18.9 Å². The second-order valence-corrected chi connectivity index (χ2v) is 6.64. The predicted molar refractivity (Wildman–Crippen MR) is 96.8 cm³/mol. The van der Waals surface area contributed by atoms with Crippen molar-refractivity contribution in [3.8, 4) is 6.07 Å². The van der Waals surface area contributed by atoms with Crippen LogP contribution in [0, 0.1) is 11.3 Å². The smallest absolute Gasteiger partial charge is 0.369 e. The molecule has 26 heavy (non-hydrogen) atoms. The zero-order valence-electron chi connectivity index (χ0n) is 15.1. The Labute approximate surface area is 152 Å². The average molecular weight is 366 g/mol. The van der Waals surface area contributed by atoms with Gasteiger partial charge < -0.3 is 15.1 Å². The number of alkyl halides is 3. The van der Waals surface area contributed by atoms with E-state index in [2.05, 4.69) is 27.8 Å². The summed E-state index contributed by atoms with van der Waals surface area (Å²) in [4.78, 5) is 4.35. The van der Waals surface area contributed by atoms with Crippen molar-refractivity contribution in [3.05, 3.63) is 41.5 Å². The van der Waals surface area contributed by atoms with Crippen LogP contribution in [0.2, 0.25) is 0 Å². The van der Waals surface area contributed by atoms with Gasteiger partial charge in [0.2, 0.25) is 0 Å². The Morgan fingerprint density at radius 1 is 1.27 bits per heavy atom. The number of halogens is 3. The molecule has 0 saturated carbocycles. The van der Waals surface area contributed by atoms with Gasteiger partial charge in [0.05, 0.1) is 11.6 Å². The molecule has 0 bridgehead atoms. The van der Waals surface area contributed by atoms with E-state index in [1.54, 1.807) is 6.07 Å². The zero-order chi connectivity index (χ0) is 19.2. The van der Waals surface area contributed by atoms with Gasteiger partial charge >= 0.3 is 6.18 Å². The van der Waals surface area contributed by atoms with Crippen molar-refractivity contribution in [1.29, 1.82) is 5.26 Å². The summed E-state index contributed by atoms with van der Waals surface area (Å²) >= 11 is 0. The van der Waals surface area contributed by atoms with Gasteiger partial charge in [0.25, 0.3) is 0 Å². The summed E-state index contributed by atoms with van der Waals surface area (Å²) in [5.41, 5.74) is 1.73. The first-order valence-corrected chi connectivity index (χ1v) is 8.69. The van der Waals surface area contributed by atoms with E-state index in [1.165, 1.54) is 6.07 Å². The summed E-state index contributed by atoms with van der Waals surface area (Å²) in [6.45, 7) is 8.07. The van der Waals surface area contributed by atoms with E-state index in [9.17, 15) is 13.2 Å². The van der Waals surface area contributed by atoms with E-state index in [4.69, 9.17) is 5.26 Å². The maximum Gasteiger partial charge on any atom is 0.416 e. The van der Waals surface area contributed by atoms with Crippen molar-refractivity contribution < 1.29 is 13.2 Å². The van der Waals surface area contributed by atoms with Crippen molar-refractivity contribution >= 4 is 5.69 Å². The fraction of sp³-hybridized carbons (Fsp3) is 0.526. The number of hydrogen-bond donors (Lipinski definition) is 1. The van der Waals surface area contributed by atoms with Crippen LogP contribution < -0.4 is 10.2 Å². The van der Waals surface area contributed by atoms with Crippen LogP contribution in [0.25, 0.3) is 0 Å². The molecule has 1 aliphatic heterocycles. The fourth-order valence-corrected chi connectivity index (χ4v) is 2.95. The number of benzene rings is 1. The van der Waals surface area contributed by atoms with Crippen molar-refractivity contribution in [1.82, 2.24) is 10.2 Å². The lowest BCUT2D eigenvalue weighted by Gasteiger charge is -2.35.